The molecule has 1 aromatic heterocycles. The average molecular weight is 359 g/mol. The van der Waals surface area contributed by atoms with Crippen LogP contribution in [0.3, 0.4) is 0 Å². The Morgan fingerprint density at radius 1 is 1.23 bits per heavy atom. The molecule has 0 aliphatic carbocycles. The molecule has 1 N–H and O–H groups in total. The van der Waals surface area contributed by atoms with E-state index in [0.717, 1.165) is 5.69 Å². The van der Waals surface area contributed by atoms with Crippen molar-refractivity contribution in [2.45, 2.75) is 13.8 Å². The first-order chi connectivity index (χ1) is 12.6. The molecule has 2 heterocycles. The number of amides is 1. The van der Waals surface area contributed by atoms with Gasteiger partial charge in [0.05, 0.1) is 12.3 Å². The number of aryl methyl sites for hydroxylation is 1. The zero-order chi connectivity index (χ0) is 18.5. The summed E-state index contributed by atoms with van der Waals surface area (Å²) in [6.45, 7) is 6.34. The van der Waals surface area contributed by atoms with Crippen LogP contribution < -0.4 is 10.2 Å². The fraction of sp³-hybridized carbons (Fsp3) is 0.389. The van der Waals surface area contributed by atoms with Crippen molar-refractivity contribution in [1.29, 1.82) is 0 Å². The summed E-state index contributed by atoms with van der Waals surface area (Å²) in [4.78, 5) is 24.5. The zero-order valence-corrected chi connectivity index (χ0v) is 14.9. The van der Waals surface area contributed by atoms with Crippen molar-refractivity contribution < 1.29 is 13.9 Å². The van der Waals surface area contributed by atoms with Gasteiger partial charge in [0.15, 0.2) is 0 Å². The van der Waals surface area contributed by atoms with Crippen LogP contribution in [-0.4, -0.2) is 53.7 Å². The van der Waals surface area contributed by atoms with E-state index in [2.05, 4.69) is 15.3 Å². The number of carbonyl (C=O) groups is 1. The van der Waals surface area contributed by atoms with Crippen LogP contribution >= 0.6 is 0 Å². The van der Waals surface area contributed by atoms with Crippen molar-refractivity contribution in [3.05, 3.63) is 41.8 Å². The second-order valence-corrected chi connectivity index (χ2v) is 5.97. The van der Waals surface area contributed by atoms with Crippen molar-refractivity contribution in [2.75, 3.05) is 43.0 Å². The number of anilines is 3. The van der Waals surface area contributed by atoms with Gasteiger partial charge in [-0.2, -0.15) is 4.98 Å². The van der Waals surface area contributed by atoms with E-state index >= 15 is 0 Å². The molecule has 2 aromatic rings. The number of piperazine rings is 1. The topological polar surface area (TPSA) is 70.6 Å². The summed E-state index contributed by atoms with van der Waals surface area (Å²) in [5.41, 5.74) is 1.14. The highest BCUT2D eigenvalue weighted by Gasteiger charge is 2.23. The van der Waals surface area contributed by atoms with Crippen LogP contribution in [0.25, 0.3) is 0 Å². The summed E-state index contributed by atoms with van der Waals surface area (Å²) < 4.78 is 18.9. The lowest BCUT2D eigenvalue weighted by Crippen LogP contribution is -2.49. The summed E-state index contributed by atoms with van der Waals surface area (Å²) in [6.07, 6.45) is -0.292. The zero-order valence-electron chi connectivity index (χ0n) is 14.9. The van der Waals surface area contributed by atoms with Gasteiger partial charge in [-0.3, -0.25) is 0 Å². The second kappa shape index (κ2) is 7.99. The molecule has 0 radical (unpaired) electrons. The number of hydrogen-bond donors (Lipinski definition) is 1. The average Bonchev–Trinajstić information content (AvgIpc) is 2.63. The number of rotatable bonds is 4. The SMILES string of the molecule is CCOC(=O)N1CCN(c2nc(C)cc(Nc3ccccc3F)n2)CC1. The van der Waals surface area contributed by atoms with Gasteiger partial charge in [-0.25, -0.2) is 14.2 Å². The molecule has 26 heavy (non-hydrogen) atoms. The van der Waals surface area contributed by atoms with E-state index in [0.29, 0.717) is 50.2 Å². The van der Waals surface area contributed by atoms with E-state index < -0.39 is 0 Å². The molecule has 0 spiro atoms. The molecule has 138 valence electrons. The first-order valence-corrected chi connectivity index (χ1v) is 8.60. The van der Waals surface area contributed by atoms with Gasteiger partial charge in [-0.1, -0.05) is 12.1 Å². The number of halogens is 1. The molecule has 3 rings (SSSR count). The minimum absolute atomic E-state index is 0.292. The van der Waals surface area contributed by atoms with Crippen LogP contribution in [-0.2, 0) is 4.74 Å². The highest BCUT2D eigenvalue weighted by molar-refractivity contribution is 5.68. The Balaban J connectivity index is 1.71. The van der Waals surface area contributed by atoms with Gasteiger partial charge in [0.2, 0.25) is 5.95 Å². The van der Waals surface area contributed by atoms with Gasteiger partial charge >= 0.3 is 6.09 Å². The second-order valence-electron chi connectivity index (χ2n) is 5.97. The van der Waals surface area contributed by atoms with Gasteiger partial charge in [0.1, 0.15) is 11.6 Å². The maximum atomic E-state index is 13.8. The molecule has 7 nitrogen and oxygen atoms in total. The van der Waals surface area contributed by atoms with Crippen LogP contribution in [0.4, 0.5) is 26.6 Å². The Labute approximate surface area is 151 Å². The van der Waals surface area contributed by atoms with Gasteiger partial charge in [0.25, 0.3) is 0 Å². The molecule has 1 amide bonds. The van der Waals surface area contributed by atoms with Crippen molar-refractivity contribution in [1.82, 2.24) is 14.9 Å². The van der Waals surface area contributed by atoms with Crippen LogP contribution in [0.5, 0.6) is 0 Å². The largest absolute Gasteiger partial charge is 0.450 e. The summed E-state index contributed by atoms with van der Waals surface area (Å²) in [7, 11) is 0. The molecule has 1 aromatic carbocycles. The van der Waals surface area contributed by atoms with Gasteiger partial charge in [-0.05, 0) is 26.0 Å². The van der Waals surface area contributed by atoms with E-state index in [9.17, 15) is 9.18 Å². The molecule has 0 bridgehead atoms. The first kappa shape index (κ1) is 17.9. The minimum atomic E-state index is -0.339. The van der Waals surface area contributed by atoms with Gasteiger partial charge in [0, 0.05) is 37.9 Å². The number of para-hydroxylation sites is 1. The van der Waals surface area contributed by atoms with E-state index in [-0.39, 0.29) is 11.9 Å². The smallest absolute Gasteiger partial charge is 0.409 e. The van der Waals surface area contributed by atoms with Crippen molar-refractivity contribution in [3.8, 4) is 0 Å². The quantitative estimate of drug-likeness (QED) is 0.905. The van der Waals surface area contributed by atoms with Crippen LogP contribution in [0, 0.1) is 12.7 Å². The highest BCUT2D eigenvalue weighted by Crippen LogP contribution is 2.21. The number of nitrogens with zero attached hydrogens (tertiary/aromatic N) is 4. The summed E-state index contributed by atoms with van der Waals surface area (Å²) >= 11 is 0. The third kappa shape index (κ3) is 4.19. The highest BCUT2D eigenvalue weighted by atomic mass is 19.1. The Hall–Kier alpha value is -2.90. The number of ether oxygens (including phenoxy) is 1. The number of hydrogen-bond acceptors (Lipinski definition) is 6. The summed E-state index contributed by atoms with van der Waals surface area (Å²) in [5, 5.41) is 3.00. The molecular formula is C18H22FN5O2. The lowest BCUT2D eigenvalue weighted by atomic mass is 10.3. The number of carbonyl (C=O) groups excluding carboxylic acids is 1. The minimum Gasteiger partial charge on any atom is -0.450 e. The van der Waals surface area contributed by atoms with E-state index in [1.807, 2.05) is 11.8 Å². The first-order valence-electron chi connectivity index (χ1n) is 8.60. The van der Waals surface area contributed by atoms with Crippen molar-refractivity contribution in [2.24, 2.45) is 0 Å². The van der Waals surface area contributed by atoms with Crippen LogP contribution in [0.15, 0.2) is 30.3 Å². The fourth-order valence-electron chi connectivity index (χ4n) is 2.76. The fourth-order valence-corrected chi connectivity index (χ4v) is 2.76. The molecule has 1 saturated heterocycles. The summed E-state index contributed by atoms with van der Waals surface area (Å²) in [6, 6.07) is 8.22. The number of benzene rings is 1. The van der Waals surface area contributed by atoms with Crippen molar-refractivity contribution in [3.63, 3.8) is 0 Å². The molecule has 0 saturated carbocycles. The molecule has 0 unspecified atom stereocenters. The standard InChI is InChI=1S/C18H22FN5O2/c1-3-26-18(25)24-10-8-23(9-11-24)17-20-13(2)12-16(22-17)21-15-7-5-4-6-14(15)19/h4-7,12H,3,8-11H2,1-2H3,(H,20,21,22). The lowest BCUT2D eigenvalue weighted by molar-refractivity contribution is 0.105. The predicted molar refractivity (Wildman–Crippen MR) is 97.3 cm³/mol. The van der Waals surface area contributed by atoms with Crippen LogP contribution in [0.2, 0.25) is 0 Å². The van der Waals surface area contributed by atoms with E-state index in [4.69, 9.17) is 4.74 Å². The molecular weight excluding hydrogens is 337 g/mol. The van der Waals surface area contributed by atoms with E-state index in [1.165, 1.54) is 6.07 Å². The van der Waals surface area contributed by atoms with Crippen LogP contribution in [0.1, 0.15) is 12.6 Å². The Bertz CT molecular complexity index is 778. The van der Waals surface area contributed by atoms with Crippen molar-refractivity contribution >= 4 is 23.5 Å². The number of nitrogens with one attached hydrogen (secondary N) is 1. The number of aromatic nitrogens is 2. The van der Waals surface area contributed by atoms with E-state index in [1.54, 1.807) is 36.1 Å². The Kier molecular flexibility index (Phi) is 5.50. The maximum Gasteiger partial charge on any atom is 0.409 e. The molecule has 1 aliphatic rings. The Morgan fingerprint density at radius 2 is 1.96 bits per heavy atom. The molecule has 1 fully saturated rings. The third-order valence-electron chi connectivity index (χ3n) is 4.07. The normalized spacial score (nSPS) is 14.3. The lowest BCUT2D eigenvalue weighted by Gasteiger charge is -2.34. The molecule has 1 aliphatic heterocycles. The molecule has 8 heteroatoms. The van der Waals surface area contributed by atoms with Gasteiger partial charge < -0.3 is 19.9 Å². The van der Waals surface area contributed by atoms with Gasteiger partial charge in [-0.15, -0.1) is 0 Å². The third-order valence-corrected chi connectivity index (χ3v) is 4.07. The maximum absolute atomic E-state index is 13.8. The Morgan fingerprint density at radius 3 is 2.65 bits per heavy atom. The predicted octanol–water partition coefficient (Wildman–Crippen LogP) is 2.95. The monoisotopic (exact) mass is 359 g/mol. The summed E-state index contributed by atoms with van der Waals surface area (Å²) in [5.74, 6) is 0.756. The molecule has 0 atom stereocenters.